The van der Waals surface area contributed by atoms with Gasteiger partial charge in [-0.05, 0) is 47.4 Å². The van der Waals surface area contributed by atoms with E-state index < -0.39 is 16.1 Å². The predicted molar refractivity (Wildman–Crippen MR) is 170 cm³/mol. The Kier molecular flexibility index (Phi) is 10.4. The molecule has 0 saturated heterocycles. The highest BCUT2D eigenvalue weighted by atomic mass is 32.2. The van der Waals surface area contributed by atoms with Gasteiger partial charge in [0, 0.05) is 12.1 Å². The summed E-state index contributed by atoms with van der Waals surface area (Å²) in [6, 6.07) is 18.5. The lowest BCUT2D eigenvalue weighted by molar-refractivity contribution is 0.135. The summed E-state index contributed by atoms with van der Waals surface area (Å²) in [7, 11) is -2.64. The number of para-hydroxylation sites is 2. The molecule has 4 rings (SSSR count). The summed E-state index contributed by atoms with van der Waals surface area (Å²) in [4.78, 5) is 25.3. The molecule has 0 aliphatic heterocycles. The van der Waals surface area contributed by atoms with E-state index in [0.717, 1.165) is 5.56 Å². The quantitative estimate of drug-likeness (QED) is 0.165. The molecule has 2 heterocycles. The van der Waals surface area contributed by atoms with Crippen molar-refractivity contribution in [2.75, 3.05) is 30.4 Å². The van der Waals surface area contributed by atoms with E-state index in [4.69, 9.17) is 18.9 Å². The van der Waals surface area contributed by atoms with Gasteiger partial charge in [0.25, 0.3) is 15.9 Å². The number of benzene rings is 2. The second-order valence-electron chi connectivity index (χ2n) is 11.2. The number of carbonyl (C=O) groups is 1. The lowest BCUT2D eigenvalue weighted by atomic mass is 9.87. The number of nitrogens with zero attached hydrogens (tertiary/aromatic N) is 3. The Labute approximate surface area is 263 Å². The molecule has 0 radical (unpaired) electrons. The van der Waals surface area contributed by atoms with Crippen LogP contribution in [0, 0.1) is 0 Å². The second kappa shape index (κ2) is 14.2. The van der Waals surface area contributed by atoms with Gasteiger partial charge in [-0.3, -0.25) is 10.0 Å². The number of aromatic nitrogens is 3. The van der Waals surface area contributed by atoms with Gasteiger partial charge in [-0.1, -0.05) is 65.0 Å². The van der Waals surface area contributed by atoms with Crippen LogP contribution in [0.5, 0.6) is 23.1 Å². The number of ether oxygens (including phenoxy) is 4. The van der Waals surface area contributed by atoms with Crippen LogP contribution in [-0.4, -0.2) is 49.8 Å². The summed E-state index contributed by atoms with van der Waals surface area (Å²) in [6.07, 6.45) is 0.815. The molecule has 0 spiro atoms. The number of methoxy groups -OCH3 is 1. The summed E-state index contributed by atoms with van der Waals surface area (Å²) < 4.78 is 52.5. The Bertz CT molecular complexity index is 1710. The van der Waals surface area contributed by atoms with Gasteiger partial charge in [0.1, 0.15) is 24.9 Å². The summed E-state index contributed by atoms with van der Waals surface area (Å²) in [6.45, 7) is 9.56. The summed E-state index contributed by atoms with van der Waals surface area (Å²) in [5.41, 5.74) is 0.830. The van der Waals surface area contributed by atoms with E-state index in [1.54, 1.807) is 66.7 Å². The van der Waals surface area contributed by atoms with E-state index in [1.165, 1.54) is 13.3 Å². The number of pyridine rings is 1. The van der Waals surface area contributed by atoms with Gasteiger partial charge in [-0.2, -0.15) is 4.98 Å². The zero-order valence-corrected chi connectivity index (χ0v) is 26.8. The van der Waals surface area contributed by atoms with Gasteiger partial charge in [-0.25, -0.2) is 23.2 Å². The predicted octanol–water partition coefficient (Wildman–Crippen LogP) is 6.52. The Morgan fingerprint density at radius 1 is 0.911 bits per heavy atom. The van der Waals surface area contributed by atoms with Gasteiger partial charge < -0.3 is 18.9 Å². The SMILES string of the molecule is COc1ccccc1Oc1c(NS(=O)(=O)c2ccc(C(C)(C)C)cc2)nc(C(C)C)nc1OCCOC(=O)Nc1ccccn1. The average Bonchev–Trinajstić information content (AvgIpc) is 3.00. The molecule has 0 aliphatic carbocycles. The molecule has 2 aromatic heterocycles. The van der Waals surface area contributed by atoms with E-state index in [1.807, 2.05) is 34.6 Å². The monoisotopic (exact) mass is 635 g/mol. The van der Waals surface area contributed by atoms with Crippen LogP contribution >= 0.6 is 0 Å². The second-order valence-corrected chi connectivity index (χ2v) is 12.9. The molecule has 13 heteroatoms. The first-order valence-corrected chi connectivity index (χ1v) is 15.7. The molecule has 45 heavy (non-hydrogen) atoms. The van der Waals surface area contributed by atoms with Crippen LogP contribution < -0.4 is 24.2 Å². The fourth-order valence-corrected chi connectivity index (χ4v) is 4.95. The summed E-state index contributed by atoms with van der Waals surface area (Å²) in [5, 5.41) is 2.51. The van der Waals surface area contributed by atoms with Crippen molar-refractivity contribution in [3.05, 3.63) is 84.3 Å². The van der Waals surface area contributed by atoms with Crippen LogP contribution in [0.1, 0.15) is 51.9 Å². The molecular formula is C32H37N5O7S. The van der Waals surface area contributed by atoms with E-state index in [0.29, 0.717) is 17.4 Å². The maximum absolute atomic E-state index is 13.6. The minimum atomic E-state index is -4.12. The Morgan fingerprint density at radius 2 is 1.60 bits per heavy atom. The van der Waals surface area contributed by atoms with Gasteiger partial charge in [-0.15, -0.1) is 0 Å². The van der Waals surface area contributed by atoms with Crippen molar-refractivity contribution >= 4 is 27.8 Å². The first kappa shape index (κ1) is 33.0. The third-order valence-electron chi connectivity index (χ3n) is 6.36. The van der Waals surface area contributed by atoms with Crippen molar-refractivity contribution in [2.24, 2.45) is 0 Å². The standard InChI is InChI=1S/C32H37N5O7S/c1-21(2)28-35-29(37-45(39,40)23-16-14-22(15-17-23)32(3,4)5)27(44-25-12-8-7-11-24(25)41-6)30(36-28)42-19-20-43-31(38)34-26-13-9-10-18-33-26/h7-18,21H,19-20H2,1-6H3,(H,33,34,38)(H,35,36,37). The Hall–Kier alpha value is -4.91. The van der Waals surface area contributed by atoms with Gasteiger partial charge in [0.15, 0.2) is 17.3 Å². The topological polar surface area (TPSA) is 151 Å². The molecule has 1 amide bonds. The fourth-order valence-electron chi connectivity index (χ4n) is 3.95. The molecule has 0 fully saturated rings. The molecule has 12 nitrogen and oxygen atoms in total. The molecule has 0 unspecified atom stereocenters. The highest BCUT2D eigenvalue weighted by Crippen LogP contribution is 2.41. The average molecular weight is 636 g/mol. The van der Waals surface area contributed by atoms with Crippen molar-refractivity contribution in [2.45, 2.75) is 50.8 Å². The van der Waals surface area contributed by atoms with E-state index >= 15 is 0 Å². The minimum absolute atomic E-state index is 0.0400. The lowest BCUT2D eigenvalue weighted by Crippen LogP contribution is -2.20. The fraction of sp³-hybridized carbons (Fsp3) is 0.312. The number of hydrogen-bond donors (Lipinski definition) is 2. The number of sulfonamides is 1. The van der Waals surface area contributed by atoms with E-state index in [9.17, 15) is 13.2 Å². The highest BCUT2D eigenvalue weighted by Gasteiger charge is 2.26. The van der Waals surface area contributed by atoms with E-state index in [2.05, 4.69) is 25.0 Å². The zero-order chi connectivity index (χ0) is 32.6. The maximum Gasteiger partial charge on any atom is 0.412 e. The Balaban J connectivity index is 1.65. The number of rotatable bonds is 12. The zero-order valence-electron chi connectivity index (χ0n) is 26.0. The number of amides is 1. The molecule has 0 aliphatic rings. The first-order valence-electron chi connectivity index (χ1n) is 14.2. The van der Waals surface area contributed by atoms with Crippen LogP contribution in [0.4, 0.5) is 16.4 Å². The molecule has 0 bridgehead atoms. The van der Waals surface area contributed by atoms with Gasteiger partial charge >= 0.3 is 6.09 Å². The molecule has 0 saturated carbocycles. The highest BCUT2D eigenvalue weighted by molar-refractivity contribution is 7.92. The van der Waals surface area contributed by atoms with Crippen molar-refractivity contribution in [1.82, 2.24) is 15.0 Å². The molecule has 0 atom stereocenters. The molecule has 2 aromatic carbocycles. The van der Waals surface area contributed by atoms with Crippen LogP contribution in [0.25, 0.3) is 0 Å². The smallest absolute Gasteiger partial charge is 0.412 e. The van der Waals surface area contributed by atoms with Gasteiger partial charge in [0.05, 0.1) is 12.0 Å². The molecule has 238 valence electrons. The summed E-state index contributed by atoms with van der Waals surface area (Å²) >= 11 is 0. The van der Waals surface area contributed by atoms with Crippen LogP contribution in [-0.2, 0) is 20.2 Å². The van der Waals surface area contributed by atoms with Crippen LogP contribution in [0.15, 0.2) is 77.8 Å². The van der Waals surface area contributed by atoms with Crippen LogP contribution in [0.3, 0.4) is 0 Å². The number of anilines is 2. The number of hydrogen-bond acceptors (Lipinski definition) is 10. The lowest BCUT2D eigenvalue weighted by Gasteiger charge is -2.20. The minimum Gasteiger partial charge on any atom is -0.493 e. The third-order valence-corrected chi connectivity index (χ3v) is 7.72. The molecular weight excluding hydrogens is 598 g/mol. The van der Waals surface area contributed by atoms with Crippen molar-refractivity contribution in [3.8, 4) is 23.1 Å². The first-order chi connectivity index (χ1) is 21.4. The molecule has 2 N–H and O–H groups in total. The summed E-state index contributed by atoms with van der Waals surface area (Å²) in [5.74, 6) is 0.783. The van der Waals surface area contributed by atoms with Crippen molar-refractivity contribution < 1.29 is 32.2 Å². The number of nitrogens with one attached hydrogen (secondary N) is 2. The van der Waals surface area contributed by atoms with Crippen molar-refractivity contribution in [3.63, 3.8) is 0 Å². The molecule has 4 aromatic rings. The number of carbonyl (C=O) groups excluding carboxylic acids is 1. The van der Waals surface area contributed by atoms with Gasteiger partial charge in [0.2, 0.25) is 5.75 Å². The Morgan fingerprint density at radius 3 is 2.22 bits per heavy atom. The van der Waals surface area contributed by atoms with Crippen molar-refractivity contribution in [1.29, 1.82) is 0 Å². The van der Waals surface area contributed by atoms with E-state index in [-0.39, 0.29) is 52.6 Å². The normalized spacial score (nSPS) is 11.5. The van der Waals surface area contributed by atoms with Crippen LogP contribution in [0.2, 0.25) is 0 Å². The third kappa shape index (κ3) is 8.82. The largest absolute Gasteiger partial charge is 0.493 e. The maximum atomic E-state index is 13.6.